The Morgan fingerprint density at radius 1 is 1.11 bits per heavy atom. The van der Waals surface area contributed by atoms with Gasteiger partial charge in [0.15, 0.2) is 0 Å². The fourth-order valence-corrected chi connectivity index (χ4v) is 2.84. The number of anilines is 1. The van der Waals surface area contributed by atoms with Crippen molar-refractivity contribution in [1.29, 1.82) is 0 Å². The third kappa shape index (κ3) is 3.47. The summed E-state index contributed by atoms with van der Waals surface area (Å²) in [5, 5.41) is 0.526. The minimum absolute atomic E-state index is 0.136. The number of hydrogen-bond donors (Lipinski definition) is 2. The SMILES string of the molecule is Nc1cccc(S(=O)(=O)NCc2ccccc2Cl)c1. The quantitative estimate of drug-likeness (QED) is 0.851. The molecule has 2 aromatic rings. The summed E-state index contributed by atoms with van der Waals surface area (Å²) < 4.78 is 26.6. The van der Waals surface area contributed by atoms with Gasteiger partial charge in [0.1, 0.15) is 0 Å². The zero-order valence-electron chi connectivity index (χ0n) is 10.0. The normalized spacial score (nSPS) is 11.4. The van der Waals surface area contributed by atoms with Crippen LogP contribution in [-0.4, -0.2) is 8.42 Å². The van der Waals surface area contributed by atoms with Crippen molar-refractivity contribution in [1.82, 2.24) is 4.72 Å². The number of rotatable bonds is 4. The molecule has 0 aliphatic rings. The van der Waals surface area contributed by atoms with Crippen LogP contribution in [0.25, 0.3) is 0 Å². The van der Waals surface area contributed by atoms with Crippen LogP contribution in [0, 0.1) is 0 Å². The molecule has 2 rings (SSSR count). The molecule has 0 saturated carbocycles. The molecule has 0 amide bonds. The summed E-state index contributed by atoms with van der Waals surface area (Å²) in [6, 6.07) is 13.2. The lowest BCUT2D eigenvalue weighted by molar-refractivity contribution is 0.581. The summed E-state index contributed by atoms with van der Waals surface area (Å²) in [5.74, 6) is 0. The molecule has 0 fully saturated rings. The Bertz CT molecular complexity index is 687. The molecule has 19 heavy (non-hydrogen) atoms. The highest BCUT2D eigenvalue weighted by atomic mass is 35.5. The molecule has 2 aromatic carbocycles. The van der Waals surface area contributed by atoms with E-state index >= 15 is 0 Å². The Kier molecular flexibility index (Phi) is 4.09. The van der Waals surface area contributed by atoms with Gasteiger partial charge in [-0.3, -0.25) is 0 Å². The van der Waals surface area contributed by atoms with Crippen LogP contribution in [0.5, 0.6) is 0 Å². The van der Waals surface area contributed by atoms with E-state index in [1.807, 2.05) is 0 Å². The van der Waals surface area contributed by atoms with Crippen LogP contribution in [-0.2, 0) is 16.6 Å². The summed E-state index contributed by atoms with van der Waals surface area (Å²) in [6.07, 6.45) is 0. The maximum atomic E-state index is 12.1. The molecule has 0 unspecified atom stereocenters. The molecule has 6 heteroatoms. The monoisotopic (exact) mass is 296 g/mol. The first-order chi connectivity index (χ1) is 8.99. The summed E-state index contributed by atoms with van der Waals surface area (Å²) in [7, 11) is -3.59. The second kappa shape index (κ2) is 5.61. The smallest absolute Gasteiger partial charge is 0.240 e. The Balaban J connectivity index is 2.17. The molecule has 0 atom stereocenters. The lowest BCUT2D eigenvalue weighted by atomic mass is 10.2. The predicted octanol–water partition coefficient (Wildman–Crippen LogP) is 2.40. The van der Waals surface area contributed by atoms with Crippen molar-refractivity contribution in [3.63, 3.8) is 0 Å². The second-order valence-corrected chi connectivity index (χ2v) is 6.16. The van der Waals surface area contributed by atoms with Gasteiger partial charge in [0.05, 0.1) is 4.90 Å². The molecule has 0 spiro atoms. The van der Waals surface area contributed by atoms with E-state index in [-0.39, 0.29) is 11.4 Å². The molecule has 0 radical (unpaired) electrons. The van der Waals surface area contributed by atoms with E-state index in [1.54, 1.807) is 36.4 Å². The van der Waals surface area contributed by atoms with Gasteiger partial charge in [0.25, 0.3) is 0 Å². The Morgan fingerprint density at radius 2 is 1.84 bits per heavy atom. The third-order valence-corrected chi connectivity index (χ3v) is 4.35. The van der Waals surface area contributed by atoms with Gasteiger partial charge in [-0.15, -0.1) is 0 Å². The number of halogens is 1. The molecule has 0 aliphatic heterocycles. The van der Waals surface area contributed by atoms with Crippen molar-refractivity contribution in [3.05, 3.63) is 59.1 Å². The molecule has 100 valence electrons. The van der Waals surface area contributed by atoms with Crippen LogP contribution in [0.1, 0.15) is 5.56 Å². The average Bonchev–Trinajstić information content (AvgIpc) is 2.38. The summed E-state index contributed by atoms with van der Waals surface area (Å²) in [5.41, 5.74) is 6.70. The van der Waals surface area contributed by atoms with Crippen LogP contribution < -0.4 is 10.5 Å². The fourth-order valence-electron chi connectivity index (χ4n) is 1.58. The third-order valence-electron chi connectivity index (χ3n) is 2.58. The molecular formula is C13H13ClN2O2S. The van der Waals surface area contributed by atoms with E-state index < -0.39 is 10.0 Å². The van der Waals surface area contributed by atoms with Crippen LogP contribution in [0.2, 0.25) is 5.02 Å². The topological polar surface area (TPSA) is 72.2 Å². The number of hydrogen-bond acceptors (Lipinski definition) is 3. The molecule has 0 aromatic heterocycles. The molecule has 0 heterocycles. The predicted molar refractivity (Wildman–Crippen MR) is 76.3 cm³/mol. The summed E-state index contributed by atoms with van der Waals surface area (Å²) in [4.78, 5) is 0.138. The van der Waals surface area contributed by atoms with Crippen molar-refractivity contribution >= 4 is 27.3 Å². The van der Waals surface area contributed by atoms with Gasteiger partial charge in [0.2, 0.25) is 10.0 Å². The van der Waals surface area contributed by atoms with E-state index in [0.29, 0.717) is 10.7 Å². The van der Waals surface area contributed by atoms with Crippen molar-refractivity contribution in [3.8, 4) is 0 Å². The molecule has 0 saturated heterocycles. The molecule has 3 N–H and O–H groups in total. The Labute approximate surface area is 117 Å². The van der Waals surface area contributed by atoms with Crippen molar-refractivity contribution < 1.29 is 8.42 Å². The van der Waals surface area contributed by atoms with E-state index in [1.165, 1.54) is 12.1 Å². The van der Waals surface area contributed by atoms with E-state index in [4.69, 9.17) is 17.3 Å². The first-order valence-electron chi connectivity index (χ1n) is 5.58. The number of benzene rings is 2. The fraction of sp³-hybridized carbons (Fsp3) is 0.0769. The maximum Gasteiger partial charge on any atom is 0.240 e. The number of nitrogens with one attached hydrogen (secondary N) is 1. The maximum absolute atomic E-state index is 12.1. The Morgan fingerprint density at radius 3 is 2.53 bits per heavy atom. The second-order valence-electron chi connectivity index (χ2n) is 3.99. The average molecular weight is 297 g/mol. The molecule has 4 nitrogen and oxygen atoms in total. The first kappa shape index (κ1) is 13.9. The molecule has 0 bridgehead atoms. The number of nitrogens with two attached hydrogens (primary N) is 1. The van der Waals surface area contributed by atoms with Gasteiger partial charge in [-0.05, 0) is 29.8 Å². The lowest BCUT2D eigenvalue weighted by Crippen LogP contribution is -2.23. The van der Waals surface area contributed by atoms with Crippen LogP contribution >= 0.6 is 11.6 Å². The minimum Gasteiger partial charge on any atom is -0.399 e. The van der Waals surface area contributed by atoms with Gasteiger partial charge in [-0.1, -0.05) is 35.9 Å². The zero-order valence-corrected chi connectivity index (χ0v) is 11.6. The van der Waals surface area contributed by atoms with E-state index in [0.717, 1.165) is 5.56 Å². The summed E-state index contributed by atoms with van der Waals surface area (Å²) in [6.45, 7) is 0.136. The standard InChI is InChI=1S/C13H13ClN2O2S/c14-13-7-2-1-4-10(13)9-16-19(17,18)12-6-3-5-11(15)8-12/h1-8,16H,9,15H2. The minimum atomic E-state index is -3.59. The van der Waals surface area contributed by atoms with Gasteiger partial charge >= 0.3 is 0 Å². The van der Waals surface area contributed by atoms with Gasteiger partial charge in [0, 0.05) is 17.3 Å². The Hall–Kier alpha value is -1.56. The molecule has 0 aliphatic carbocycles. The van der Waals surface area contributed by atoms with E-state index in [2.05, 4.69) is 4.72 Å². The summed E-state index contributed by atoms with van der Waals surface area (Å²) >= 11 is 5.97. The van der Waals surface area contributed by atoms with Crippen LogP contribution in [0.3, 0.4) is 0 Å². The van der Waals surface area contributed by atoms with E-state index in [9.17, 15) is 8.42 Å². The van der Waals surface area contributed by atoms with Crippen molar-refractivity contribution in [2.24, 2.45) is 0 Å². The van der Waals surface area contributed by atoms with Crippen LogP contribution in [0.15, 0.2) is 53.4 Å². The number of sulfonamides is 1. The van der Waals surface area contributed by atoms with Gasteiger partial charge in [-0.2, -0.15) is 0 Å². The van der Waals surface area contributed by atoms with Gasteiger partial charge < -0.3 is 5.73 Å². The van der Waals surface area contributed by atoms with Crippen LogP contribution in [0.4, 0.5) is 5.69 Å². The number of nitrogen functional groups attached to an aromatic ring is 1. The lowest BCUT2D eigenvalue weighted by Gasteiger charge is -2.08. The highest BCUT2D eigenvalue weighted by Gasteiger charge is 2.14. The first-order valence-corrected chi connectivity index (χ1v) is 7.44. The highest BCUT2D eigenvalue weighted by Crippen LogP contribution is 2.17. The highest BCUT2D eigenvalue weighted by molar-refractivity contribution is 7.89. The van der Waals surface area contributed by atoms with Gasteiger partial charge in [-0.25, -0.2) is 13.1 Å². The van der Waals surface area contributed by atoms with Crippen molar-refractivity contribution in [2.75, 3.05) is 5.73 Å². The largest absolute Gasteiger partial charge is 0.399 e. The molecular weight excluding hydrogens is 284 g/mol. The zero-order chi connectivity index (χ0) is 13.9. The van der Waals surface area contributed by atoms with Crippen molar-refractivity contribution in [2.45, 2.75) is 11.4 Å².